The fraction of sp³-hybridized carbons (Fsp3) is 0.917. The van der Waals surface area contributed by atoms with Gasteiger partial charge in [0, 0.05) is 12.6 Å². The Labute approximate surface area is 114 Å². The average Bonchev–Trinajstić information content (AvgIpc) is 2.25. The Morgan fingerprint density at radius 1 is 1.42 bits per heavy atom. The lowest BCUT2D eigenvalue weighted by Gasteiger charge is -2.31. The first-order chi connectivity index (χ1) is 8.65. The minimum atomic E-state index is -3.58. The second kappa shape index (κ2) is 6.19. The van der Waals surface area contributed by atoms with Crippen LogP contribution in [0.3, 0.4) is 0 Å². The first kappa shape index (κ1) is 16.4. The van der Waals surface area contributed by atoms with Crippen molar-refractivity contribution < 1.29 is 22.7 Å². The van der Waals surface area contributed by atoms with E-state index in [-0.39, 0.29) is 12.6 Å². The van der Waals surface area contributed by atoms with E-state index in [2.05, 4.69) is 5.32 Å². The number of rotatable bonds is 4. The number of esters is 1. The Hall–Kier alpha value is -0.660. The SMILES string of the molecule is CNC1CCOCC1S(=O)(=O)CC(=O)OC(C)(C)C. The van der Waals surface area contributed by atoms with Gasteiger partial charge < -0.3 is 14.8 Å². The van der Waals surface area contributed by atoms with Gasteiger partial charge in [0.2, 0.25) is 0 Å². The fourth-order valence-electron chi connectivity index (χ4n) is 2.04. The van der Waals surface area contributed by atoms with Crippen molar-refractivity contribution in [1.29, 1.82) is 0 Å². The third-order valence-corrected chi connectivity index (χ3v) is 4.90. The first-order valence-corrected chi connectivity index (χ1v) is 8.05. The lowest BCUT2D eigenvalue weighted by atomic mass is 10.1. The molecule has 0 aromatic carbocycles. The average molecular weight is 293 g/mol. The van der Waals surface area contributed by atoms with Crippen LogP contribution in [-0.2, 0) is 24.1 Å². The molecule has 1 saturated heterocycles. The Kier molecular flexibility index (Phi) is 5.34. The molecule has 1 aliphatic heterocycles. The molecular weight excluding hydrogens is 270 g/mol. The van der Waals surface area contributed by atoms with E-state index in [1.165, 1.54) is 0 Å². The molecule has 7 heteroatoms. The van der Waals surface area contributed by atoms with E-state index in [9.17, 15) is 13.2 Å². The number of hydrogen-bond acceptors (Lipinski definition) is 6. The van der Waals surface area contributed by atoms with Gasteiger partial charge in [0.05, 0.1) is 6.61 Å². The largest absolute Gasteiger partial charge is 0.459 e. The number of hydrogen-bond donors (Lipinski definition) is 1. The molecule has 2 unspecified atom stereocenters. The summed E-state index contributed by atoms with van der Waals surface area (Å²) in [7, 11) is -1.86. The monoisotopic (exact) mass is 293 g/mol. The van der Waals surface area contributed by atoms with Crippen molar-refractivity contribution in [2.24, 2.45) is 0 Å². The molecule has 0 radical (unpaired) electrons. The number of ether oxygens (including phenoxy) is 2. The zero-order chi connectivity index (χ0) is 14.7. The summed E-state index contributed by atoms with van der Waals surface area (Å²) in [5, 5.41) is 2.27. The van der Waals surface area contributed by atoms with Crippen molar-refractivity contribution in [2.45, 2.75) is 44.1 Å². The van der Waals surface area contributed by atoms with E-state index in [1.807, 2.05) is 0 Å². The Balaban J connectivity index is 2.72. The molecule has 112 valence electrons. The third kappa shape index (κ3) is 5.08. The van der Waals surface area contributed by atoms with Crippen molar-refractivity contribution in [1.82, 2.24) is 5.32 Å². The molecule has 1 fully saturated rings. The zero-order valence-corrected chi connectivity index (χ0v) is 12.7. The maximum Gasteiger partial charge on any atom is 0.321 e. The molecule has 1 N–H and O–H groups in total. The van der Waals surface area contributed by atoms with Gasteiger partial charge in [-0.25, -0.2) is 8.42 Å². The van der Waals surface area contributed by atoms with Gasteiger partial charge in [0.25, 0.3) is 0 Å². The topological polar surface area (TPSA) is 81.7 Å². The summed E-state index contributed by atoms with van der Waals surface area (Å²) in [6.45, 7) is 5.77. The summed E-state index contributed by atoms with van der Waals surface area (Å²) >= 11 is 0. The van der Waals surface area contributed by atoms with Crippen LogP contribution in [0.25, 0.3) is 0 Å². The van der Waals surface area contributed by atoms with E-state index in [1.54, 1.807) is 27.8 Å². The highest BCUT2D eigenvalue weighted by Crippen LogP contribution is 2.17. The summed E-state index contributed by atoms with van der Waals surface area (Å²) < 4.78 is 34.7. The van der Waals surface area contributed by atoms with Crippen LogP contribution in [0.5, 0.6) is 0 Å². The molecule has 0 aliphatic carbocycles. The van der Waals surface area contributed by atoms with Gasteiger partial charge in [-0.05, 0) is 34.2 Å². The van der Waals surface area contributed by atoms with Gasteiger partial charge in [-0.2, -0.15) is 0 Å². The van der Waals surface area contributed by atoms with Crippen LogP contribution in [0.4, 0.5) is 0 Å². The summed E-state index contributed by atoms with van der Waals surface area (Å²) in [6.07, 6.45) is 0.620. The van der Waals surface area contributed by atoms with Crippen LogP contribution in [0.2, 0.25) is 0 Å². The van der Waals surface area contributed by atoms with Crippen molar-refractivity contribution in [3.8, 4) is 0 Å². The lowest BCUT2D eigenvalue weighted by Crippen LogP contribution is -2.50. The van der Waals surface area contributed by atoms with E-state index in [0.717, 1.165) is 0 Å². The van der Waals surface area contributed by atoms with Crippen LogP contribution < -0.4 is 5.32 Å². The Bertz CT molecular complexity index is 412. The molecule has 0 aromatic heterocycles. The summed E-state index contributed by atoms with van der Waals surface area (Å²) in [5.41, 5.74) is -0.682. The standard InChI is InChI=1S/C12H23NO5S/c1-12(2,3)18-11(14)8-19(15,16)10-7-17-6-5-9(10)13-4/h9-10,13H,5-8H2,1-4H3. The normalized spacial score (nSPS) is 25.1. The zero-order valence-electron chi connectivity index (χ0n) is 11.9. The van der Waals surface area contributed by atoms with E-state index < -0.39 is 32.4 Å². The first-order valence-electron chi connectivity index (χ1n) is 6.34. The van der Waals surface area contributed by atoms with Gasteiger partial charge in [-0.3, -0.25) is 4.79 Å². The molecule has 0 amide bonds. The molecule has 0 aromatic rings. The lowest BCUT2D eigenvalue weighted by molar-refractivity contribution is -0.151. The van der Waals surface area contributed by atoms with E-state index >= 15 is 0 Å². The summed E-state index contributed by atoms with van der Waals surface area (Å²) in [4.78, 5) is 11.6. The minimum absolute atomic E-state index is 0.122. The van der Waals surface area contributed by atoms with Crippen LogP contribution in [0.15, 0.2) is 0 Å². The number of carbonyl (C=O) groups excluding carboxylic acids is 1. The van der Waals surface area contributed by atoms with Gasteiger partial charge in [-0.1, -0.05) is 0 Å². The molecule has 6 nitrogen and oxygen atoms in total. The third-order valence-electron chi connectivity index (χ3n) is 2.88. The maximum atomic E-state index is 12.2. The highest BCUT2D eigenvalue weighted by molar-refractivity contribution is 7.92. The molecule has 0 bridgehead atoms. The Morgan fingerprint density at radius 3 is 2.58 bits per heavy atom. The molecule has 19 heavy (non-hydrogen) atoms. The van der Waals surface area contributed by atoms with E-state index in [0.29, 0.717) is 13.0 Å². The second-order valence-electron chi connectivity index (χ2n) is 5.69. The minimum Gasteiger partial charge on any atom is -0.459 e. The quantitative estimate of drug-likeness (QED) is 0.742. The smallest absolute Gasteiger partial charge is 0.321 e. The van der Waals surface area contributed by atoms with Crippen LogP contribution in [-0.4, -0.2) is 57.3 Å². The molecular formula is C12H23NO5S. The van der Waals surface area contributed by atoms with Gasteiger partial charge >= 0.3 is 5.97 Å². The second-order valence-corrected chi connectivity index (χ2v) is 7.91. The van der Waals surface area contributed by atoms with Crippen molar-refractivity contribution in [3.05, 3.63) is 0 Å². The highest BCUT2D eigenvalue weighted by atomic mass is 32.2. The van der Waals surface area contributed by atoms with Crippen LogP contribution >= 0.6 is 0 Å². The molecule has 1 heterocycles. The molecule has 1 rings (SSSR count). The summed E-state index contributed by atoms with van der Waals surface area (Å²) in [6, 6.07) is -0.179. The van der Waals surface area contributed by atoms with Crippen molar-refractivity contribution >= 4 is 15.8 Å². The fourth-order valence-corrected chi connectivity index (χ4v) is 3.72. The number of sulfone groups is 1. The maximum absolute atomic E-state index is 12.2. The molecule has 0 spiro atoms. The molecule has 2 atom stereocenters. The van der Waals surface area contributed by atoms with Crippen LogP contribution in [0, 0.1) is 0 Å². The predicted molar refractivity (Wildman–Crippen MR) is 71.7 cm³/mol. The predicted octanol–water partition coefficient (Wildman–Crippen LogP) is 0.120. The van der Waals surface area contributed by atoms with Gasteiger partial charge in [0.15, 0.2) is 9.84 Å². The number of carbonyl (C=O) groups is 1. The molecule has 0 saturated carbocycles. The Morgan fingerprint density at radius 2 is 2.05 bits per heavy atom. The summed E-state index contributed by atoms with van der Waals surface area (Å²) in [5.74, 6) is -1.32. The van der Waals surface area contributed by atoms with Gasteiger partial charge in [-0.15, -0.1) is 0 Å². The van der Waals surface area contributed by atoms with E-state index in [4.69, 9.17) is 9.47 Å². The number of nitrogens with one attached hydrogen (secondary N) is 1. The van der Waals surface area contributed by atoms with Crippen molar-refractivity contribution in [2.75, 3.05) is 26.0 Å². The van der Waals surface area contributed by atoms with Crippen LogP contribution in [0.1, 0.15) is 27.2 Å². The highest BCUT2D eigenvalue weighted by Gasteiger charge is 2.37. The van der Waals surface area contributed by atoms with Gasteiger partial charge in [0.1, 0.15) is 16.6 Å². The van der Waals surface area contributed by atoms with Crippen molar-refractivity contribution in [3.63, 3.8) is 0 Å². The molecule has 1 aliphatic rings.